The highest BCUT2D eigenvalue weighted by Crippen LogP contribution is 2.25. The van der Waals surface area contributed by atoms with E-state index in [1.54, 1.807) is 24.3 Å². The monoisotopic (exact) mass is 377 g/mol. The van der Waals surface area contributed by atoms with Crippen molar-refractivity contribution in [3.63, 3.8) is 0 Å². The normalized spacial score (nSPS) is 11.3. The molecule has 142 valence electrons. The lowest BCUT2D eigenvalue weighted by Gasteiger charge is -2.14. The van der Waals surface area contributed by atoms with Gasteiger partial charge in [-0.15, -0.1) is 0 Å². The molecule has 0 amide bonds. The molecule has 4 rings (SSSR count). The topological polar surface area (TPSA) is 34.8 Å². The number of hydrogen-bond acceptors (Lipinski definition) is 1. The summed E-state index contributed by atoms with van der Waals surface area (Å²) in [7, 11) is 2.01. The number of nitrogens with one attached hydrogen (secondary N) is 2. The van der Waals surface area contributed by atoms with Crippen molar-refractivity contribution < 1.29 is 8.78 Å². The van der Waals surface area contributed by atoms with Crippen molar-refractivity contribution in [3.8, 4) is 22.4 Å². The number of aromatic nitrogens is 2. The van der Waals surface area contributed by atoms with Crippen LogP contribution in [0.25, 0.3) is 22.4 Å². The van der Waals surface area contributed by atoms with E-state index in [0.717, 1.165) is 22.5 Å². The zero-order valence-electron chi connectivity index (χ0n) is 15.5. The Labute approximate surface area is 162 Å². The van der Waals surface area contributed by atoms with Gasteiger partial charge in [-0.2, -0.15) is 0 Å². The molecule has 0 aliphatic carbocycles. The quantitative estimate of drug-likeness (QED) is 0.451. The molecule has 2 heterocycles. The van der Waals surface area contributed by atoms with Crippen molar-refractivity contribution in [2.75, 3.05) is 7.05 Å². The molecule has 0 aliphatic heterocycles. The summed E-state index contributed by atoms with van der Waals surface area (Å²) >= 11 is 0. The predicted octanol–water partition coefficient (Wildman–Crippen LogP) is 5.59. The van der Waals surface area contributed by atoms with Gasteiger partial charge in [0.05, 0.1) is 0 Å². The summed E-state index contributed by atoms with van der Waals surface area (Å²) in [6, 6.07) is 17.4. The van der Waals surface area contributed by atoms with Gasteiger partial charge in [0, 0.05) is 53.6 Å². The molecule has 4 aromatic rings. The molecular formula is C23H21F2N3. The molecule has 2 aromatic heterocycles. The second-order valence-electron chi connectivity index (χ2n) is 6.97. The fraction of sp³-hybridized carbons (Fsp3) is 0.130. The first kappa shape index (κ1) is 18.2. The highest BCUT2D eigenvalue weighted by Gasteiger charge is 2.11. The molecule has 2 aromatic carbocycles. The maximum atomic E-state index is 14.0. The fourth-order valence-corrected chi connectivity index (χ4v) is 3.41. The lowest BCUT2D eigenvalue weighted by Crippen LogP contribution is -2.17. The van der Waals surface area contributed by atoms with Crippen molar-refractivity contribution in [3.05, 3.63) is 95.9 Å². The Bertz CT molecular complexity index is 995. The zero-order valence-corrected chi connectivity index (χ0v) is 15.5. The van der Waals surface area contributed by atoms with Crippen LogP contribution in [0, 0.1) is 11.6 Å². The Hall–Kier alpha value is -3.18. The minimum Gasteiger partial charge on any atom is -0.363 e. The molecule has 0 radical (unpaired) electrons. The SMILES string of the molecule is CN(Cc1c[nH]c(-c2ccccc2F)c1)Cc1cc(-c2ccccc2F)c[nH]1. The minimum absolute atomic E-state index is 0.227. The Morgan fingerprint density at radius 1 is 0.786 bits per heavy atom. The van der Waals surface area contributed by atoms with Crippen LogP contribution in [0.1, 0.15) is 11.3 Å². The van der Waals surface area contributed by atoms with E-state index < -0.39 is 0 Å². The Balaban J connectivity index is 1.42. The summed E-state index contributed by atoms with van der Waals surface area (Å²) in [5, 5.41) is 0. The summed E-state index contributed by atoms with van der Waals surface area (Å²) in [6.07, 6.45) is 3.73. The standard InChI is InChI=1S/C23H21F2N3/c1-28(14-16-10-23(27-12-16)20-7-3-5-9-22(20)25)15-18-11-17(13-26-18)19-6-2-4-8-21(19)24/h2-13,26-27H,14-15H2,1H3. The van der Waals surface area contributed by atoms with Crippen LogP contribution in [0.5, 0.6) is 0 Å². The molecule has 0 saturated carbocycles. The lowest BCUT2D eigenvalue weighted by atomic mass is 10.1. The smallest absolute Gasteiger partial charge is 0.132 e. The van der Waals surface area contributed by atoms with E-state index in [4.69, 9.17) is 0 Å². The van der Waals surface area contributed by atoms with Crippen LogP contribution in [0.15, 0.2) is 73.1 Å². The Morgan fingerprint density at radius 2 is 1.46 bits per heavy atom. The summed E-state index contributed by atoms with van der Waals surface area (Å²) in [5.74, 6) is -0.467. The van der Waals surface area contributed by atoms with E-state index in [-0.39, 0.29) is 11.6 Å². The van der Waals surface area contributed by atoms with E-state index in [0.29, 0.717) is 24.2 Å². The largest absolute Gasteiger partial charge is 0.363 e. The fourth-order valence-electron chi connectivity index (χ4n) is 3.41. The maximum absolute atomic E-state index is 14.0. The molecule has 0 atom stereocenters. The van der Waals surface area contributed by atoms with Gasteiger partial charge >= 0.3 is 0 Å². The van der Waals surface area contributed by atoms with Crippen molar-refractivity contribution in [2.45, 2.75) is 13.1 Å². The van der Waals surface area contributed by atoms with E-state index in [2.05, 4.69) is 14.9 Å². The zero-order chi connectivity index (χ0) is 19.5. The van der Waals surface area contributed by atoms with Gasteiger partial charge in [0.15, 0.2) is 0 Å². The summed E-state index contributed by atoms with van der Waals surface area (Å²) in [6.45, 7) is 1.40. The van der Waals surface area contributed by atoms with E-state index in [1.165, 1.54) is 12.1 Å². The highest BCUT2D eigenvalue weighted by atomic mass is 19.1. The van der Waals surface area contributed by atoms with E-state index in [1.807, 2.05) is 43.7 Å². The number of benzene rings is 2. The first-order chi connectivity index (χ1) is 13.6. The van der Waals surface area contributed by atoms with Gasteiger partial charge < -0.3 is 9.97 Å². The average Bonchev–Trinajstić information content (AvgIpc) is 3.32. The third-order valence-corrected chi connectivity index (χ3v) is 4.73. The van der Waals surface area contributed by atoms with Gasteiger partial charge in [-0.05, 0) is 42.9 Å². The number of halogens is 2. The molecule has 5 heteroatoms. The van der Waals surface area contributed by atoms with Gasteiger partial charge in [0.25, 0.3) is 0 Å². The number of H-pyrrole nitrogens is 2. The first-order valence-electron chi connectivity index (χ1n) is 9.13. The molecule has 0 spiro atoms. The third-order valence-electron chi connectivity index (χ3n) is 4.73. The predicted molar refractivity (Wildman–Crippen MR) is 108 cm³/mol. The van der Waals surface area contributed by atoms with Gasteiger partial charge in [-0.1, -0.05) is 30.3 Å². The van der Waals surface area contributed by atoms with Crippen LogP contribution in [0.4, 0.5) is 8.78 Å². The average molecular weight is 377 g/mol. The van der Waals surface area contributed by atoms with Crippen molar-refractivity contribution in [2.24, 2.45) is 0 Å². The molecule has 3 nitrogen and oxygen atoms in total. The third kappa shape index (κ3) is 3.89. The summed E-state index contributed by atoms with van der Waals surface area (Å²) < 4.78 is 27.9. The van der Waals surface area contributed by atoms with Crippen LogP contribution >= 0.6 is 0 Å². The number of nitrogens with zero attached hydrogens (tertiary/aromatic N) is 1. The summed E-state index contributed by atoms with van der Waals surface area (Å²) in [5.41, 5.74) is 4.84. The Kier molecular flexibility index (Phi) is 5.08. The maximum Gasteiger partial charge on any atom is 0.132 e. The lowest BCUT2D eigenvalue weighted by molar-refractivity contribution is 0.316. The van der Waals surface area contributed by atoms with Crippen LogP contribution in [0.3, 0.4) is 0 Å². The molecule has 0 aliphatic rings. The van der Waals surface area contributed by atoms with Crippen molar-refractivity contribution in [1.82, 2.24) is 14.9 Å². The molecule has 2 N–H and O–H groups in total. The molecule has 0 bridgehead atoms. The molecule has 0 saturated heterocycles. The first-order valence-corrected chi connectivity index (χ1v) is 9.13. The van der Waals surface area contributed by atoms with Gasteiger partial charge in [0.1, 0.15) is 11.6 Å². The van der Waals surface area contributed by atoms with Crippen molar-refractivity contribution >= 4 is 0 Å². The van der Waals surface area contributed by atoms with Gasteiger partial charge in [-0.3, -0.25) is 4.90 Å². The van der Waals surface area contributed by atoms with Gasteiger partial charge in [0.2, 0.25) is 0 Å². The minimum atomic E-state index is -0.240. The number of rotatable bonds is 6. The van der Waals surface area contributed by atoms with Crippen LogP contribution < -0.4 is 0 Å². The van der Waals surface area contributed by atoms with Crippen molar-refractivity contribution in [1.29, 1.82) is 0 Å². The molecule has 0 fully saturated rings. The number of hydrogen-bond donors (Lipinski definition) is 2. The van der Waals surface area contributed by atoms with Crippen LogP contribution in [-0.2, 0) is 13.1 Å². The Morgan fingerprint density at radius 3 is 2.18 bits per heavy atom. The van der Waals surface area contributed by atoms with Crippen LogP contribution in [-0.4, -0.2) is 21.9 Å². The molecule has 28 heavy (non-hydrogen) atoms. The number of aromatic amines is 2. The summed E-state index contributed by atoms with van der Waals surface area (Å²) in [4.78, 5) is 8.51. The van der Waals surface area contributed by atoms with E-state index >= 15 is 0 Å². The van der Waals surface area contributed by atoms with E-state index in [9.17, 15) is 8.78 Å². The molecule has 0 unspecified atom stereocenters. The van der Waals surface area contributed by atoms with Gasteiger partial charge in [-0.25, -0.2) is 8.78 Å². The molecular weight excluding hydrogens is 356 g/mol. The second kappa shape index (κ2) is 7.82. The second-order valence-corrected chi connectivity index (χ2v) is 6.97. The highest BCUT2D eigenvalue weighted by molar-refractivity contribution is 5.64. The van der Waals surface area contributed by atoms with Crippen LogP contribution in [0.2, 0.25) is 0 Å².